The number of thiazole rings is 1. The van der Waals surface area contributed by atoms with Crippen LogP contribution in [-0.2, 0) is 0 Å². The number of hydrogen-bond donors (Lipinski definition) is 2. The van der Waals surface area contributed by atoms with Crippen LogP contribution in [0.3, 0.4) is 0 Å². The molecule has 0 aliphatic carbocycles. The summed E-state index contributed by atoms with van der Waals surface area (Å²) in [6.07, 6.45) is 0. The second-order valence-electron chi connectivity index (χ2n) is 7.70. The minimum Gasteiger partial charge on any atom is -0.332 e. The van der Waals surface area contributed by atoms with E-state index in [4.69, 9.17) is 17.2 Å². The number of aryl methyl sites for hydroxylation is 1. The highest BCUT2D eigenvalue weighted by molar-refractivity contribution is 7.80. The number of benzene rings is 3. The Bertz CT molecular complexity index is 1230. The van der Waals surface area contributed by atoms with Gasteiger partial charge in [0.15, 0.2) is 5.11 Å². The van der Waals surface area contributed by atoms with Gasteiger partial charge in [-0.05, 0) is 78.7 Å². The van der Waals surface area contributed by atoms with E-state index in [1.807, 2.05) is 61.5 Å². The third-order valence-corrected chi connectivity index (χ3v) is 6.37. The topological polar surface area (TPSA) is 54.0 Å². The van der Waals surface area contributed by atoms with Gasteiger partial charge in [0.1, 0.15) is 5.01 Å². The van der Waals surface area contributed by atoms with Crippen LogP contribution in [-0.4, -0.2) is 16.0 Å². The van der Waals surface area contributed by atoms with E-state index < -0.39 is 0 Å². The van der Waals surface area contributed by atoms with Gasteiger partial charge in [-0.2, -0.15) is 0 Å². The second kappa shape index (κ2) is 8.96. The number of thiocarbonyl (C=S) groups is 1. The van der Waals surface area contributed by atoms with Crippen LogP contribution in [0.1, 0.15) is 41.3 Å². The fourth-order valence-corrected chi connectivity index (χ4v) is 4.45. The van der Waals surface area contributed by atoms with Crippen LogP contribution in [0.2, 0.25) is 0 Å². The highest BCUT2D eigenvalue weighted by Crippen LogP contribution is 2.31. The molecule has 0 unspecified atom stereocenters. The van der Waals surface area contributed by atoms with E-state index >= 15 is 0 Å². The molecule has 156 valence electrons. The van der Waals surface area contributed by atoms with Crippen molar-refractivity contribution in [2.45, 2.75) is 26.7 Å². The van der Waals surface area contributed by atoms with E-state index in [-0.39, 0.29) is 11.0 Å². The molecule has 31 heavy (non-hydrogen) atoms. The first-order valence-corrected chi connectivity index (χ1v) is 11.3. The van der Waals surface area contributed by atoms with Gasteiger partial charge in [0, 0.05) is 16.8 Å². The Balaban J connectivity index is 1.44. The number of carbonyl (C=O) groups is 1. The number of hydrogen-bond acceptors (Lipinski definition) is 4. The Kier molecular flexibility index (Phi) is 6.11. The molecule has 4 nitrogen and oxygen atoms in total. The summed E-state index contributed by atoms with van der Waals surface area (Å²) in [7, 11) is 0. The number of aromatic nitrogens is 1. The van der Waals surface area contributed by atoms with Crippen LogP contribution in [0.4, 0.5) is 5.69 Å². The lowest BCUT2D eigenvalue weighted by Crippen LogP contribution is -2.34. The van der Waals surface area contributed by atoms with Crippen LogP contribution in [0.15, 0.2) is 66.7 Å². The molecular formula is C25H23N3OS2. The van der Waals surface area contributed by atoms with E-state index in [0.717, 1.165) is 27.3 Å². The fourth-order valence-electron chi connectivity index (χ4n) is 3.28. The first-order chi connectivity index (χ1) is 14.9. The molecule has 3 aromatic carbocycles. The number of anilines is 1. The molecule has 0 aliphatic rings. The van der Waals surface area contributed by atoms with Gasteiger partial charge in [0.05, 0.1) is 10.2 Å². The fraction of sp³-hybridized carbons (Fsp3) is 0.160. The summed E-state index contributed by atoms with van der Waals surface area (Å²) >= 11 is 7.03. The molecular weight excluding hydrogens is 422 g/mol. The molecule has 2 N–H and O–H groups in total. The zero-order valence-corrected chi connectivity index (χ0v) is 19.2. The first-order valence-electron chi connectivity index (χ1n) is 10.1. The maximum absolute atomic E-state index is 12.5. The van der Waals surface area contributed by atoms with Crippen LogP contribution < -0.4 is 10.6 Å². The summed E-state index contributed by atoms with van der Waals surface area (Å²) in [6, 6.07) is 21.8. The van der Waals surface area contributed by atoms with Crippen molar-refractivity contribution in [1.29, 1.82) is 0 Å². The van der Waals surface area contributed by atoms with Crippen LogP contribution in [0, 0.1) is 6.92 Å². The summed E-state index contributed by atoms with van der Waals surface area (Å²) in [5, 5.41) is 7.14. The molecule has 0 spiro atoms. The Morgan fingerprint density at radius 1 is 1.03 bits per heavy atom. The lowest BCUT2D eigenvalue weighted by atomic mass is 10.0. The highest BCUT2D eigenvalue weighted by Gasteiger charge is 2.11. The number of para-hydroxylation sites is 1. The highest BCUT2D eigenvalue weighted by atomic mass is 32.1. The zero-order valence-electron chi connectivity index (χ0n) is 17.6. The third-order valence-electron chi connectivity index (χ3n) is 5.08. The van der Waals surface area contributed by atoms with Crippen LogP contribution in [0.5, 0.6) is 0 Å². The van der Waals surface area contributed by atoms with E-state index in [9.17, 15) is 4.79 Å². The lowest BCUT2D eigenvalue weighted by molar-refractivity contribution is 0.0977. The van der Waals surface area contributed by atoms with Crippen molar-refractivity contribution in [2.75, 3.05) is 5.32 Å². The number of fused-ring (bicyclic) bond motifs is 1. The SMILES string of the molecule is Cc1cc(-c2nc3ccccc3s2)ccc1NC(=S)NC(=O)c1ccc(C(C)C)cc1. The summed E-state index contributed by atoms with van der Waals surface area (Å²) in [4.78, 5) is 17.2. The molecule has 6 heteroatoms. The van der Waals surface area contributed by atoms with Gasteiger partial charge in [-0.15, -0.1) is 11.3 Å². The van der Waals surface area contributed by atoms with Crippen molar-refractivity contribution < 1.29 is 4.79 Å². The predicted molar refractivity (Wildman–Crippen MR) is 134 cm³/mol. The maximum atomic E-state index is 12.5. The Labute approximate surface area is 191 Å². The van der Waals surface area contributed by atoms with Gasteiger partial charge in [0.2, 0.25) is 0 Å². The van der Waals surface area contributed by atoms with E-state index in [1.165, 1.54) is 10.3 Å². The van der Waals surface area contributed by atoms with Crippen molar-refractivity contribution in [3.63, 3.8) is 0 Å². The Morgan fingerprint density at radius 2 is 1.77 bits per heavy atom. The normalized spacial score (nSPS) is 11.0. The van der Waals surface area contributed by atoms with E-state index in [0.29, 0.717) is 11.5 Å². The number of carbonyl (C=O) groups excluding carboxylic acids is 1. The minimum atomic E-state index is -0.225. The second-order valence-corrected chi connectivity index (χ2v) is 9.14. The Hall–Kier alpha value is -3.09. The van der Waals surface area contributed by atoms with Crippen molar-refractivity contribution >= 4 is 50.5 Å². The molecule has 0 fully saturated rings. The largest absolute Gasteiger partial charge is 0.332 e. The zero-order chi connectivity index (χ0) is 22.0. The Morgan fingerprint density at radius 3 is 2.45 bits per heavy atom. The summed E-state index contributed by atoms with van der Waals surface area (Å²) in [6.45, 7) is 6.26. The predicted octanol–water partition coefficient (Wildman–Crippen LogP) is 6.52. The average molecular weight is 446 g/mol. The molecule has 0 saturated carbocycles. The van der Waals surface area contributed by atoms with Gasteiger partial charge in [-0.25, -0.2) is 4.98 Å². The smallest absolute Gasteiger partial charge is 0.257 e. The molecule has 0 radical (unpaired) electrons. The summed E-state index contributed by atoms with van der Waals surface area (Å²) in [5.41, 5.74) is 5.72. The minimum absolute atomic E-state index is 0.225. The molecule has 0 aliphatic heterocycles. The molecule has 0 atom stereocenters. The monoisotopic (exact) mass is 445 g/mol. The van der Waals surface area contributed by atoms with Crippen molar-refractivity contribution in [2.24, 2.45) is 0 Å². The van der Waals surface area contributed by atoms with Crippen LogP contribution in [0.25, 0.3) is 20.8 Å². The molecule has 1 amide bonds. The van der Waals surface area contributed by atoms with Crippen molar-refractivity contribution in [1.82, 2.24) is 10.3 Å². The molecule has 0 bridgehead atoms. The number of amides is 1. The summed E-state index contributed by atoms with van der Waals surface area (Å²) in [5.74, 6) is 0.199. The standard InChI is InChI=1S/C25H23N3OS2/c1-15(2)17-8-10-18(11-9-17)23(29)28-25(30)27-20-13-12-19(14-16(20)3)24-26-21-6-4-5-7-22(21)31-24/h4-15H,1-3H3,(H2,27,28,29,30). The van der Waals surface area contributed by atoms with Crippen molar-refractivity contribution in [3.8, 4) is 10.6 Å². The molecule has 4 aromatic rings. The first kappa shape index (κ1) is 21.2. The van der Waals surface area contributed by atoms with Gasteiger partial charge < -0.3 is 5.32 Å². The number of nitrogens with zero attached hydrogens (tertiary/aromatic N) is 1. The van der Waals surface area contributed by atoms with Gasteiger partial charge in [-0.1, -0.05) is 38.1 Å². The van der Waals surface area contributed by atoms with E-state index in [2.05, 4.69) is 36.6 Å². The summed E-state index contributed by atoms with van der Waals surface area (Å²) < 4.78 is 1.17. The molecule has 4 rings (SSSR count). The molecule has 1 heterocycles. The third kappa shape index (κ3) is 4.81. The lowest BCUT2D eigenvalue weighted by Gasteiger charge is -2.13. The molecule has 1 aromatic heterocycles. The quantitative estimate of drug-likeness (QED) is 0.351. The van der Waals surface area contributed by atoms with Crippen molar-refractivity contribution in [3.05, 3.63) is 83.4 Å². The van der Waals surface area contributed by atoms with Gasteiger partial charge in [0.25, 0.3) is 5.91 Å². The van der Waals surface area contributed by atoms with Gasteiger partial charge >= 0.3 is 0 Å². The number of nitrogens with one attached hydrogen (secondary N) is 2. The molecule has 0 saturated heterocycles. The van der Waals surface area contributed by atoms with Gasteiger partial charge in [-0.3, -0.25) is 10.1 Å². The number of rotatable bonds is 4. The van der Waals surface area contributed by atoms with Crippen LogP contribution >= 0.6 is 23.6 Å². The average Bonchev–Trinajstić information content (AvgIpc) is 3.19. The maximum Gasteiger partial charge on any atom is 0.257 e. The van der Waals surface area contributed by atoms with E-state index in [1.54, 1.807) is 11.3 Å².